The lowest BCUT2D eigenvalue weighted by atomic mass is 10.1. The summed E-state index contributed by atoms with van der Waals surface area (Å²) in [4.78, 5) is 6.32. The summed E-state index contributed by atoms with van der Waals surface area (Å²) in [5.74, 6) is 0.773. The van der Waals surface area contributed by atoms with Gasteiger partial charge in [-0.15, -0.1) is 0 Å². The van der Waals surface area contributed by atoms with E-state index >= 15 is 0 Å². The van der Waals surface area contributed by atoms with Crippen LogP contribution in [0, 0.1) is 0 Å². The molecular formula is C16H19F3N4. The van der Waals surface area contributed by atoms with Gasteiger partial charge in [0.25, 0.3) is 0 Å². The van der Waals surface area contributed by atoms with Gasteiger partial charge in [-0.3, -0.25) is 0 Å². The molecule has 1 fully saturated rings. The first-order chi connectivity index (χ1) is 10.9. The number of imidazole rings is 1. The predicted octanol–water partition coefficient (Wildman–Crippen LogP) is 3.65. The van der Waals surface area contributed by atoms with Crippen LogP contribution in [0.25, 0.3) is 0 Å². The van der Waals surface area contributed by atoms with Crippen molar-refractivity contribution in [3.05, 3.63) is 42.0 Å². The molecule has 0 saturated carbocycles. The molecule has 2 heterocycles. The minimum absolute atomic E-state index is 0.381. The summed E-state index contributed by atoms with van der Waals surface area (Å²) in [7, 11) is 1.86. The highest BCUT2D eigenvalue weighted by Crippen LogP contribution is 2.36. The highest BCUT2D eigenvalue weighted by Gasteiger charge is 2.31. The number of anilines is 2. The van der Waals surface area contributed by atoms with Crippen molar-refractivity contribution in [2.45, 2.75) is 25.6 Å². The van der Waals surface area contributed by atoms with Crippen LogP contribution < -0.4 is 10.2 Å². The molecule has 23 heavy (non-hydrogen) atoms. The second-order valence-electron chi connectivity index (χ2n) is 5.73. The molecule has 124 valence electrons. The Bertz CT molecular complexity index is 672. The van der Waals surface area contributed by atoms with E-state index in [1.165, 1.54) is 6.07 Å². The van der Waals surface area contributed by atoms with Crippen LogP contribution in [0.4, 0.5) is 24.5 Å². The minimum atomic E-state index is -4.34. The van der Waals surface area contributed by atoms with Gasteiger partial charge in [0.2, 0.25) is 0 Å². The van der Waals surface area contributed by atoms with Crippen LogP contribution in [0.1, 0.15) is 24.2 Å². The van der Waals surface area contributed by atoms with E-state index in [0.29, 0.717) is 12.2 Å². The van der Waals surface area contributed by atoms with Crippen molar-refractivity contribution in [1.29, 1.82) is 0 Å². The average molecular weight is 324 g/mol. The fourth-order valence-electron chi connectivity index (χ4n) is 2.83. The molecule has 0 unspecified atom stereocenters. The Hall–Kier alpha value is -2.18. The molecule has 7 heteroatoms. The summed E-state index contributed by atoms with van der Waals surface area (Å²) in [5.41, 5.74) is 0.692. The first kappa shape index (κ1) is 15.7. The predicted molar refractivity (Wildman–Crippen MR) is 83.4 cm³/mol. The topological polar surface area (TPSA) is 33.1 Å². The lowest BCUT2D eigenvalue weighted by Crippen LogP contribution is -2.20. The van der Waals surface area contributed by atoms with Crippen LogP contribution in [0.15, 0.2) is 30.6 Å². The average Bonchev–Trinajstić information content (AvgIpc) is 3.15. The zero-order chi connectivity index (χ0) is 16.4. The zero-order valence-corrected chi connectivity index (χ0v) is 12.9. The maximum Gasteiger partial charge on any atom is 0.416 e. The van der Waals surface area contributed by atoms with Gasteiger partial charge in [0.05, 0.1) is 23.5 Å². The van der Waals surface area contributed by atoms with Gasteiger partial charge in [-0.1, -0.05) is 0 Å². The largest absolute Gasteiger partial charge is 0.416 e. The lowest BCUT2D eigenvalue weighted by Gasteiger charge is -2.23. The van der Waals surface area contributed by atoms with E-state index in [-0.39, 0.29) is 0 Å². The number of alkyl halides is 3. The molecule has 0 amide bonds. The molecule has 0 radical (unpaired) electrons. The molecule has 0 bridgehead atoms. The Balaban J connectivity index is 1.88. The third kappa shape index (κ3) is 3.43. The number of aromatic nitrogens is 2. The number of hydrogen-bond donors (Lipinski definition) is 1. The number of aryl methyl sites for hydroxylation is 1. The number of halogens is 3. The molecule has 1 aliphatic heterocycles. The number of nitrogens with one attached hydrogen (secondary N) is 1. The SMILES string of the molecule is Cn1ccnc1CNc1cc(C(F)(F)F)ccc1N1CCCC1. The lowest BCUT2D eigenvalue weighted by molar-refractivity contribution is -0.137. The Morgan fingerprint density at radius 3 is 2.57 bits per heavy atom. The van der Waals surface area contributed by atoms with Crippen molar-refractivity contribution in [3.8, 4) is 0 Å². The molecule has 1 N–H and O–H groups in total. The molecule has 1 aromatic carbocycles. The molecule has 1 aromatic heterocycles. The second-order valence-corrected chi connectivity index (χ2v) is 5.73. The molecule has 1 aliphatic rings. The first-order valence-electron chi connectivity index (χ1n) is 7.61. The van der Waals surface area contributed by atoms with Crippen LogP contribution >= 0.6 is 0 Å². The molecular weight excluding hydrogens is 305 g/mol. The Morgan fingerprint density at radius 1 is 1.22 bits per heavy atom. The van der Waals surface area contributed by atoms with Crippen LogP contribution in [0.3, 0.4) is 0 Å². The van der Waals surface area contributed by atoms with Gasteiger partial charge in [0.1, 0.15) is 5.82 Å². The summed E-state index contributed by atoms with van der Waals surface area (Å²) in [6, 6.07) is 3.91. The Labute approximate surface area is 132 Å². The molecule has 4 nitrogen and oxygen atoms in total. The van der Waals surface area contributed by atoms with Crippen LogP contribution in [-0.4, -0.2) is 22.6 Å². The fourth-order valence-corrected chi connectivity index (χ4v) is 2.83. The van der Waals surface area contributed by atoms with E-state index < -0.39 is 11.7 Å². The summed E-state index contributed by atoms with van der Waals surface area (Å²) < 4.78 is 40.8. The maximum absolute atomic E-state index is 13.0. The molecule has 3 rings (SSSR count). The summed E-state index contributed by atoms with van der Waals surface area (Å²) in [6.07, 6.45) is 1.28. The van der Waals surface area contributed by atoms with E-state index in [1.54, 1.807) is 12.3 Å². The van der Waals surface area contributed by atoms with Gasteiger partial charge < -0.3 is 14.8 Å². The third-order valence-corrected chi connectivity index (χ3v) is 4.13. The van der Waals surface area contributed by atoms with E-state index in [9.17, 15) is 13.2 Å². The molecule has 0 atom stereocenters. The van der Waals surface area contributed by atoms with Gasteiger partial charge in [-0.25, -0.2) is 4.98 Å². The van der Waals surface area contributed by atoms with Crippen LogP contribution in [0.2, 0.25) is 0 Å². The summed E-state index contributed by atoms with van der Waals surface area (Å²) in [5, 5.41) is 3.12. The first-order valence-corrected chi connectivity index (χ1v) is 7.61. The molecule has 0 spiro atoms. The molecule has 2 aromatic rings. The minimum Gasteiger partial charge on any atom is -0.376 e. The number of rotatable bonds is 4. The quantitative estimate of drug-likeness (QED) is 0.932. The fraction of sp³-hybridized carbons (Fsp3) is 0.438. The molecule has 0 aliphatic carbocycles. The second kappa shape index (κ2) is 6.14. The molecule has 1 saturated heterocycles. The van der Waals surface area contributed by atoms with E-state index in [2.05, 4.69) is 15.2 Å². The zero-order valence-electron chi connectivity index (χ0n) is 12.9. The Kier molecular flexibility index (Phi) is 4.19. The van der Waals surface area contributed by atoms with Crippen molar-refractivity contribution < 1.29 is 13.2 Å². The van der Waals surface area contributed by atoms with Gasteiger partial charge in [-0.05, 0) is 31.0 Å². The van der Waals surface area contributed by atoms with Gasteiger partial charge in [-0.2, -0.15) is 13.2 Å². The van der Waals surface area contributed by atoms with Gasteiger partial charge >= 0.3 is 6.18 Å². The van der Waals surface area contributed by atoms with E-state index in [4.69, 9.17) is 0 Å². The summed E-state index contributed by atoms with van der Waals surface area (Å²) in [6.45, 7) is 2.14. The standard InChI is InChI=1S/C16H19F3N4/c1-22-9-6-20-15(22)11-21-13-10-12(16(17,18)19)4-5-14(13)23-7-2-3-8-23/h4-6,9-10,21H,2-3,7-8,11H2,1H3. The number of benzene rings is 1. The summed E-state index contributed by atoms with van der Waals surface area (Å²) >= 11 is 0. The highest BCUT2D eigenvalue weighted by molar-refractivity contribution is 5.71. The van der Waals surface area contributed by atoms with E-state index in [0.717, 1.165) is 43.5 Å². The van der Waals surface area contributed by atoms with Crippen molar-refractivity contribution in [3.63, 3.8) is 0 Å². The highest BCUT2D eigenvalue weighted by atomic mass is 19.4. The van der Waals surface area contributed by atoms with Crippen molar-refractivity contribution in [2.24, 2.45) is 7.05 Å². The van der Waals surface area contributed by atoms with Crippen LogP contribution in [0.5, 0.6) is 0 Å². The van der Waals surface area contributed by atoms with Crippen molar-refractivity contribution >= 4 is 11.4 Å². The monoisotopic (exact) mass is 324 g/mol. The smallest absolute Gasteiger partial charge is 0.376 e. The van der Waals surface area contributed by atoms with E-state index in [1.807, 2.05) is 17.8 Å². The third-order valence-electron chi connectivity index (χ3n) is 4.13. The number of nitrogens with zero attached hydrogens (tertiary/aromatic N) is 3. The number of hydrogen-bond acceptors (Lipinski definition) is 3. The maximum atomic E-state index is 13.0. The Morgan fingerprint density at radius 2 is 1.96 bits per heavy atom. The van der Waals surface area contributed by atoms with Gasteiger partial charge in [0.15, 0.2) is 0 Å². The van der Waals surface area contributed by atoms with Crippen molar-refractivity contribution in [2.75, 3.05) is 23.3 Å². The van der Waals surface area contributed by atoms with Crippen molar-refractivity contribution in [1.82, 2.24) is 9.55 Å². The normalized spacial score (nSPS) is 15.2. The van der Waals surface area contributed by atoms with Gasteiger partial charge in [0, 0.05) is 32.5 Å². The van der Waals surface area contributed by atoms with Crippen LogP contribution in [-0.2, 0) is 19.8 Å².